The summed E-state index contributed by atoms with van der Waals surface area (Å²) in [4.78, 5) is 26.4. The first-order valence-electron chi connectivity index (χ1n) is 8.31. The molecule has 0 spiro atoms. The van der Waals surface area contributed by atoms with Crippen molar-refractivity contribution in [3.05, 3.63) is 49.1 Å². The lowest BCUT2D eigenvalue weighted by molar-refractivity contribution is -0.115. The Morgan fingerprint density at radius 3 is 2.52 bits per heavy atom. The average Bonchev–Trinajstić information content (AvgIpc) is 2.68. The van der Waals surface area contributed by atoms with Gasteiger partial charge in [0, 0.05) is 42.4 Å². The van der Waals surface area contributed by atoms with Crippen LogP contribution < -0.4 is 4.90 Å². The molecule has 5 nitrogen and oxygen atoms in total. The van der Waals surface area contributed by atoms with Crippen LogP contribution in [0.15, 0.2) is 49.1 Å². The fourth-order valence-electron chi connectivity index (χ4n) is 3.25. The minimum absolute atomic E-state index is 0.0194. The molecule has 1 aromatic carbocycles. The van der Waals surface area contributed by atoms with E-state index in [9.17, 15) is 4.79 Å². The van der Waals surface area contributed by atoms with Crippen molar-refractivity contribution in [1.82, 2.24) is 15.0 Å². The summed E-state index contributed by atoms with van der Waals surface area (Å²) in [5.41, 5.74) is 3.01. The summed E-state index contributed by atoms with van der Waals surface area (Å²) in [6.45, 7) is 1.61. The van der Waals surface area contributed by atoms with Gasteiger partial charge in [-0.15, -0.1) is 0 Å². The van der Waals surface area contributed by atoms with Crippen LogP contribution in [0.4, 0.5) is 5.82 Å². The van der Waals surface area contributed by atoms with Gasteiger partial charge in [-0.1, -0.05) is 6.07 Å². The molecule has 1 aliphatic rings. The maximum atomic E-state index is 11.3. The number of carbonyl (C=O) groups is 1. The molecule has 126 valence electrons. The third kappa shape index (κ3) is 3.33. The first kappa shape index (κ1) is 16.0. The summed E-state index contributed by atoms with van der Waals surface area (Å²) in [6, 6.07) is 10.3. The largest absolute Gasteiger partial charge is 0.357 e. The van der Waals surface area contributed by atoms with Gasteiger partial charge in [-0.05, 0) is 54.3 Å². The van der Waals surface area contributed by atoms with Crippen LogP contribution in [0.3, 0.4) is 0 Å². The highest BCUT2D eigenvalue weighted by atomic mass is 35.5. The van der Waals surface area contributed by atoms with Gasteiger partial charge < -0.3 is 4.90 Å². The van der Waals surface area contributed by atoms with Gasteiger partial charge in [0.25, 0.3) is 0 Å². The smallest absolute Gasteiger partial charge is 0.224 e. The van der Waals surface area contributed by atoms with Crippen LogP contribution in [0, 0.1) is 5.92 Å². The van der Waals surface area contributed by atoms with Crippen molar-refractivity contribution in [3.63, 3.8) is 0 Å². The van der Waals surface area contributed by atoms with Crippen LogP contribution in [0.2, 0.25) is 0 Å². The van der Waals surface area contributed by atoms with E-state index in [0.717, 1.165) is 53.8 Å². The molecule has 0 saturated carbocycles. The molecule has 25 heavy (non-hydrogen) atoms. The lowest BCUT2D eigenvalue weighted by atomic mass is 9.98. The number of halogens is 1. The Morgan fingerprint density at radius 2 is 1.80 bits per heavy atom. The highest BCUT2D eigenvalue weighted by Gasteiger charge is 2.24. The zero-order valence-electron chi connectivity index (χ0n) is 13.6. The first-order chi connectivity index (χ1) is 12.2. The maximum absolute atomic E-state index is 11.3. The van der Waals surface area contributed by atoms with Gasteiger partial charge in [0.05, 0.1) is 5.52 Å². The van der Waals surface area contributed by atoms with Gasteiger partial charge in [0.1, 0.15) is 12.1 Å². The van der Waals surface area contributed by atoms with Crippen LogP contribution in [-0.4, -0.2) is 33.3 Å². The fraction of sp³-hybridized carbons (Fsp3) is 0.263. The predicted molar refractivity (Wildman–Crippen MR) is 98.6 cm³/mol. The SMILES string of the molecule is O=C(Cl)C1CCN(c2ccc3cc(-c4cncnc4)ccc3n2)CC1. The van der Waals surface area contributed by atoms with Crippen molar-refractivity contribution in [1.29, 1.82) is 0 Å². The number of nitrogens with zero attached hydrogens (tertiary/aromatic N) is 4. The van der Waals surface area contributed by atoms with Crippen molar-refractivity contribution in [2.45, 2.75) is 12.8 Å². The van der Waals surface area contributed by atoms with Crippen molar-refractivity contribution >= 4 is 33.6 Å². The van der Waals surface area contributed by atoms with Crippen LogP contribution in [0.25, 0.3) is 22.0 Å². The molecule has 2 aromatic heterocycles. The molecule has 0 bridgehead atoms. The second kappa shape index (κ2) is 6.76. The molecular formula is C19H17ClN4O. The second-order valence-electron chi connectivity index (χ2n) is 6.27. The fourth-order valence-corrected chi connectivity index (χ4v) is 3.47. The quantitative estimate of drug-likeness (QED) is 0.673. The van der Waals surface area contributed by atoms with E-state index >= 15 is 0 Å². The Hall–Kier alpha value is -2.53. The third-order valence-electron chi connectivity index (χ3n) is 4.71. The number of hydrogen-bond donors (Lipinski definition) is 0. The number of carbonyl (C=O) groups excluding carboxylic acids is 1. The average molecular weight is 353 g/mol. The molecule has 6 heteroatoms. The molecule has 1 fully saturated rings. The van der Waals surface area contributed by atoms with Gasteiger partial charge in [0.15, 0.2) is 0 Å². The third-order valence-corrected chi connectivity index (χ3v) is 5.02. The summed E-state index contributed by atoms with van der Waals surface area (Å²) in [5, 5.41) is 0.861. The molecular weight excluding hydrogens is 336 g/mol. The Labute approximate surface area is 150 Å². The van der Waals surface area contributed by atoms with Crippen LogP contribution >= 0.6 is 11.6 Å². The number of benzene rings is 1. The van der Waals surface area contributed by atoms with Gasteiger partial charge in [0.2, 0.25) is 5.24 Å². The molecule has 0 N–H and O–H groups in total. The number of anilines is 1. The van der Waals surface area contributed by atoms with E-state index in [0.29, 0.717) is 0 Å². The Kier molecular flexibility index (Phi) is 4.32. The van der Waals surface area contributed by atoms with E-state index in [1.165, 1.54) is 6.33 Å². The number of fused-ring (bicyclic) bond motifs is 1. The van der Waals surface area contributed by atoms with Crippen molar-refractivity contribution < 1.29 is 4.79 Å². The summed E-state index contributed by atoms with van der Waals surface area (Å²) >= 11 is 5.61. The summed E-state index contributed by atoms with van der Waals surface area (Å²) in [5.74, 6) is 0.929. The van der Waals surface area contributed by atoms with E-state index in [4.69, 9.17) is 16.6 Å². The molecule has 0 aliphatic carbocycles. The number of hydrogen-bond acceptors (Lipinski definition) is 5. The second-order valence-corrected chi connectivity index (χ2v) is 6.64. The minimum Gasteiger partial charge on any atom is -0.357 e. The Bertz CT molecular complexity index is 908. The highest BCUT2D eigenvalue weighted by molar-refractivity contribution is 6.64. The van der Waals surface area contributed by atoms with E-state index in [1.54, 1.807) is 12.4 Å². The molecule has 0 amide bonds. The molecule has 3 aromatic rings. The summed E-state index contributed by atoms with van der Waals surface area (Å²) < 4.78 is 0. The molecule has 1 aliphatic heterocycles. The molecule has 0 atom stereocenters. The Morgan fingerprint density at radius 1 is 1.04 bits per heavy atom. The van der Waals surface area contributed by atoms with Crippen molar-refractivity contribution in [3.8, 4) is 11.1 Å². The van der Waals surface area contributed by atoms with Crippen LogP contribution in [-0.2, 0) is 4.79 Å². The number of pyridine rings is 1. The number of rotatable bonds is 3. The van der Waals surface area contributed by atoms with Gasteiger partial charge >= 0.3 is 0 Å². The number of aromatic nitrogens is 3. The monoisotopic (exact) mass is 352 g/mol. The number of piperidine rings is 1. The molecule has 4 rings (SSSR count). The standard InChI is InChI=1S/C19H17ClN4O/c20-19(25)13-5-7-24(8-6-13)18-4-2-15-9-14(1-3-17(15)23-18)16-10-21-12-22-11-16/h1-4,9-13H,5-8H2. The van der Waals surface area contributed by atoms with E-state index < -0.39 is 0 Å². The zero-order valence-corrected chi connectivity index (χ0v) is 14.4. The van der Waals surface area contributed by atoms with Gasteiger partial charge in [-0.25, -0.2) is 15.0 Å². The minimum atomic E-state index is -0.219. The lowest BCUT2D eigenvalue weighted by Gasteiger charge is -2.31. The van der Waals surface area contributed by atoms with Gasteiger partial charge in [-0.3, -0.25) is 4.79 Å². The summed E-state index contributed by atoms with van der Waals surface area (Å²) in [6.07, 6.45) is 6.71. The zero-order chi connectivity index (χ0) is 17.2. The van der Waals surface area contributed by atoms with Crippen LogP contribution in [0.1, 0.15) is 12.8 Å². The molecule has 1 saturated heterocycles. The predicted octanol–water partition coefficient (Wildman–Crippen LogP) is 3.67. The van der Waals surface area contributed by atoms with E-state index in [1.807, 2.05) is 18.2 Å². The Balaban J connectivity index is 1.58. The highest BCUT2D eigenvalue weighted by Crippen LogP contribution is 2.27. The first-order valence-corrected chi connectivity index (χ1v) is 8.69. The van der Waals surface area contributed by atoms with E-state index in [-0.39, 0.29) is 11.2 Å². The molecule has 3 heterocycles. The molecule has 0 unspecified atom stereocenters. The summed E-state index contributed by atoms with van der Waals surface area (Å²) in [7, 11) is 0. The normalized spacial score (nSPS) is 15.5. The van der Waals surface area contributed by atoms with Gasteiger partial charge in [-0.2, -0.15) is 0 Å². The maximum Gasteiger partial charge on any atom is 0.224 e. The van der Waals surface area contributed by atoms with E-state index in [2.05, 4.69) is 27.0 Å². The molecule has 0 radical (unpaired) electrons. The van der Waals surface area contributed by atoms with Crippen LogP contribution in [0.5, 0.6) is 0 Å². The van der Waals surface area contributed by atoms with Crippen molar-refractivity contribution in [2.24, 2.45) is 5.92 Å². The topological polar surface area (TPSA) is 59.0 Å². The lowest BCUT2D eigenvalue weighted by Crippen LogP contribution is -2.35. The van der Waals surface area contributed by atoms with Crippen molar-refractivity contribution in [2.75, 3.05) is 18.0 Å².